The molecule has 0 saturated heterocycles. The fourth-order valence-electron chi connectivity index (χ4n) is 1.55. The van der Waals surface area contributed by atoms with Gasteiger partial charge in [-0.2, -0.15) is 0 Å². The van der Waals surface area contributed by atoms with Gasteiger partial charge in [0.1, 0.15) is 5.75 Å². The van der Waals surface area contributed by atoms with Gasteiger partial charge in [-0.05, 0) is 23.6 Å². The highest BCUT2D eigenvalue weighted by molar-refractivity contribution is 7.90. The first-order valence-electron chi connectivity index (χ1n) is 5.51. The Morgan fingerprint density at radius 1 is 1.44 bits per heavy atom. The average molecular weight is 293 g/mol. The number of halogens is 1. The van der Waals surface area contributed by atoms with Crippen molar-refractivity contribution >= 4 is 21.4 Å². The molecule has 102 valence electrons. The van der Waals surface area contributed by atoms with E-state index in [9.17, 15) is 8.42 Å². The highest BCUT2D eigenvalue weighted by Crippen LogP contribution is 2.24. The van der Waals surface area contributed by atoms with E-state index in [4.69, 9.17) is 21.4 Å². The van der Waals surface area contributed by atoms with Crippen molar-refractivity contribution in [1.29, 1.82) is 0 Å². The van der Waals surface area contributed by atoms with Crippen LogP contribution in [0.1, 0.15) is 12.5 Å². The number of aliphatic hydroxyl groups is 1. The van der Waals surface area contributed by atoms with E-state index in [-0.39, 0.29) is 24.0 Å². The molecule has 0 amide bonds. The number of sulfone groups is 1. The zero-order chi connectivity index (χ0) is 13.8. The standard InChI is InChI=1S/C12H17ClO4S/c1-9(6-14)7-18(15,16)8-10-3-4-11(17-2)5-12(10)13/h3-5,9,14H,6-8H2,1-2H3/t9-/m1/s1. The molecule has 0 unspecified atom stereocenters. The Kier molecular flexibility index (Phi) is 5.44. The van der Waals surface area contributed by atoms with Crippen LogP contribution in [0.3, 0.4) is 0 Å². The summed E-state index contributed by atoms with van der Waals surface area (Å²) in [7, 11) is -1.75. The smallest absolute Gasteiger partial charge is 0.154 e. The molecule has 0 saturated carbocycles. The molecule has 0 fully saturated rings. The summed E-state index contributed by atoms with van der Waals surface area (Å²) < 4.78 is 28.7. The van der Waals surface area contributed by atoms with Crippen LogP contribution in [0.5, 0.6) is 5.75 Å². The lowest BCUT2D eigenvalue weighted by Crippen LogP contribution is -2.18. The van der Waals surface area contributed by atoms with E-state index in [1.54, 1.807) is 25.1 Å². The molecule has 1 aromatic rings. The summed E-state index contributed by atoms with van der Waals surface area (Å²) in [5.41, 5.74) is 0.544. The van der Waals surface area contributed by atoms with Gasteiger partial charge in [0.25, 0.3) is 0 Å². The van der Waals surface area contributed by atoms with Gasteiger partial charge in [-0.3, -0.25) is 0 Å². The van der Waals surface area contributed by atoms with Crippen molar-refractivity contribution in [1.82, 2.24) is 0 Å². The van der Waals surface area contributed by atoms with Gasteiger partial charge in [0.15, 0.2) is 9.84 Å². The van der Waals surface area contributed by atoms with Gasteiger partial charge >= 0.3 is 0 Å². The van der Waals surface area contributed by atoms with E-state index in [1.165, 1.54) is 7.11 Å². The van der Waals surface area contributed by atoms with E-state index in [2.05, 4.69) is 0 Å². The molecule has 6 heteroatoms. The maximum Gasteiger partial charge on any atom is 0.154 e. The second-order valence-electron chi connectivity index (χ2n) is 4.30. The quantitative estimate of drug-likeness (QED) is 0.870. The molecule has 0 spiro atoms. The molecule has 1 atom stereocenters. The minimum absolute atomic E-state index is 0.0497. The first-order valence-corrected chi connectivity index (χ1v) is 7.71. The molecule has 0 bridgehead atoms. The van der Waals surface area contributed by atoms with Gasteiger partial charge in [-0.25, -0.2) is 8.42 Å². The predicted molar refractivity (Wildman–Crippen MR) is 71.7 cm³/mol. The van der Waals surface area contributed by atoms with Crippen LogP contribution in [0.2, 0.25) is 5.02 Å². The van der Waals surface area contributed by atoms with Crippen LogP contribution in [0.4, 0.5) is 0 Å². The highest BCUT2D eigenvalue weighted by Gasteiger charge is 2.17. The third-order valence-corrected chi connectivity index (χ3v) is 4.67. The average Bonchev–Trinajstić information content (AvgIpc) is 2.30. The molecule has 0 aliphatic heterocycles. The number of aliphatic hydroxyl groups excluding tert-OH is 1. The van der Waals surface area contributed by atoms with E-state index in [1.807, 2.05) is 0 Å². The lowest BCUT2D eigenvalue weighted by molar-refractivity contribution is 0.249. The zero-order valence-corrected chi connectivity index (χ0v) is 12.0. The molecule has 1 aromatic carbocycles. The maximum atomic E-state index is 11.9. The van der Waals surface area contributed by atoms with Crippen molar-refractivity contribution in [2.24, 2.45) is 5.92 Å². The normalized spacial score (nSPS) is 13.3. The van der Waals surface area contributed by atoms with Gasteiger partial charge in [-0.15, -0.1) is 0 Å². The van der Waals surface area contributed by atoms with Crippen molar-refractivity contribution in [2.75, 3.05) is 19.5 Å². The van der Waals surface area contributed by atoms with Gasteiger partial charge in [-0.1, -0.05) is 24.6 Å². The van der Waals surface area contributed by atoms with Crippen LogP contribution >= 0.6 is 11.6 Å². The van der Waals surface area contributed by atoms with Gasteiger partial charge in [0.2, 0.25) is 0 Å². The first-order chi connectivity index (χ1) is 8.38. The van der Waals surface area contributed by atoms with Crippen molar-refractivity contribution in [3.63, 3.8) is 0 Å². The Bertz CT molecular complexity index is 499. The van der Waals surface area contributed by atoms with Crippen LogP contribution in [-0.2, 0) is 15.6 Å². The largest absolute Gasteiger partial charge is 0.497 e. The molecular weight excluding hydrogens is 276 g/mol. The van der Waals surface area contributed by atoms with Crippen molar-refractivity contribution in [3.8, 4) is 5.75 Å². The Morgan fingerprint density at radius 2 is 2.11 bits per heavy atom. The summed E-state index contributed by atoms with van der Waals surface area (Å²) in [6.45, 7) is 1.54. The molecule has 0 aliphatic rings. The summed E-state index contributed by atoms with van der Waals surface area (Å²) in [4.78, 5) is 0. The summed E-state index contributed by atoms with van der Waals surface area (Å²) in [5.74, 6) is 0.142. The van der Waals surface area contributed by atoms with Crippen molar-refractivity contribution in [2.45, 2.75) is 12.7 Å². The topological polar surface area (TPSA) is 63.6 Å². The SMILES string of the molecule is COc1ccc(CS(=O)(=O)C[C@H](C)CO)c(Cl)c1. The Hall–Kier alpha value is -0.780. The summed E-state index contributed by atoms with van der Waals surface area (Å²) >= 11 is 5.99. The minimum atomic E-state index is -3.27. The number of rotatable bonds is 6. The summed E-state index contributed by atoms with van der Waals surface area (Å²) in [5, 5.41) is 9.25. The summed E-state index contributed by atoms with van der Waals surface area (Å²) in [6.07, 6.45) is 0. The second kappa shape index (κ2) is 6.41. The summed E-state index contributed by atoms with van der Waals surface area (Å²) in [6, 6.07) is 4.90. The molecule has 4 nitrogen and oxygen atoms in total. The molecule has 1 N–H and O–H groups in total. The van der Waals surface area contributed by atoms with Crippen molar-refractivity contribution in [3.05, 3.63) is 28.8 Å². The van der Waals surface area contributed by atoms with E-state index < -0.39 is 9.84 Å². The monoisotopic (exact) mass is 292 g/mol. The Morgan fingerprint density at radius 3 is 2.61 bits per heavy atom. The number of hydrogen-bond donors (Lipinski definition) is 1. The fourth-order valence-corrected chi connectivity index (χ4v) is 3.69. The number of benzene rings is 1. The highest BCUT2D eigenvalue weighted by atomic mass is 35.5. The van der Waals surface area contributed by atoms with Gasteiger partial charge in [0, 0.05) is 11.6 Å². The molecule has 1 rings (SSSR count). The number of methoxy groups -OCH3 is 1. The molecule has 0 radical (unpaired) electrons. The molecule has 0 aromatic heterocycles. The van der Waals surface area contributed by atoms with Crippen molar-refractivity contribution < 1.29 is 18.3 Å². The minimum Gasteiger partial charge on any atom is -0.497 e. The second-order valence-corrected chi connectivity index (χ2v) is 6.82. The zero-order valence-electron chi connectivity index (χ0n) is 10.4. The number of ether oxygens (including phenoxy) is 1. The third kappa shape index (κ3) is 4.48. The van der Waals surface area contributed by atoms with Gasteiger partial charge in [0.05, 0.1) is 18.6 Å². The van der Waals surface area contributed by atoms with Crippen LogP contribution in [0.15, 0.2) is 18.2 Å². The van der Waals surface area contributed by atoms with E-state index >= 15 is 0 Å². The van der Waals surface area contributed by atoms with Crippen LogP contribution in [0, 0.1) is 5.92 Å². The maximum absolute atomic E-state index is 11.9. The fraction of sp³-hybridized carbons (Fsp3) is 0.500. The Labute approximate surface area is 112 Å². The van der Waals surface area contributed by atoms with E-state index in [0.717, 1.165) is 0 Å². The molecule has 0 aliphatic carbocycles. The van der Waals surface area contributed by atoms with Crippen LogP contribution in [-0.4, -0.2) is 33.0 Å². The van der Waals surface area contributed by atoms with Crippen LogP contribution in [0.25, 0.3) is 0 Å². The Balaban J connectivity index is 2.84. The third-order valence-electron chi connectivity index (χ3n) is 2.49. The molecule has 0 heterocycles. The molecule has 18 heavy (non-hydrogen) atoms. The van der Waals surface area contributed by atoms with Gasteiger partial charge < -0.3 is 9.84 Å². The lowest BCUT2D eigenvalue weighted by Gasteiger charge is -2.10. The van der Waals surface area contributed by atoms with Crippen LogP contribution < -0.4 is 4.74 Å². The molecular formula is C12H17ClO4S. The predicted octanol–water partition coefficient (Wildman–Crippen LogP) is 1.89. The van der Waals surface area contributed by atoms with E-state index in [0.29, 0.717) is 16.3 Å². The first kappa shape index (κ1) is 15.3. The lowest BCUT2D eigenvalue weighted by atomic mass is 10.2. The number of hydrogen-bond acceptors (Lipinski definition) is 4.